The molecule has 1 aliphatic rings. The van der Waals surface area contributed by atoms with Crippen LogP contribution in [0.25, 0.3) is 0 Å². The van der Waals surface area contributed by atoms with E-state index in [0.29, 0.717) is 0 Å². The van der Waals surface area contributed by atoms with E-state index in [-0.39, 0.29) is 49.0 Å². The molecule has 0 bridgehead atoms. The van der Waals surface area contributed by atoms with Gasteiger partial charge in [0.25, 0.3) is 0 Å². The SMILES string of the molecule is Cl.[C-]1=CC=CC1.[CH3-].[CH3-].[SiH2]Cc1ccccc1.[Ti+3]. The quantitative estimate of drug-likeness (QED) is 0.550. The molecule has 0 saturated carbocycles. The fourth-order valence-electron chi connectivity index (χ4n) is 0.985. The summed E-state index contributed by atoms with van der Waals surface area (Å²) in [5.41, 5.74) is 1.42. The molecule has 92 valence electrons. The van der Waals surface area contributed by atoms with Crippen LogP contribution in [0.5, 0.6) is 0 Å². The summed E-state index contributed by atoms with van der Waals surface area (Å²) >= 11 is 0. The summed E-state index contributed by atoms with van der Waals surface area (Å²) in [5, 5.41) is 0. The summed E-state index contributed by atoms with van der Waals surface area (Å²) in [6.45, 7) is 0. The van der Waals surface area contributed by atoms with Crippen LogP contribution in [-0.2, 0) is 27.8 Å². The van der Waals surface area contributed by atoms with Gasteiger partial charge in [0.05, 0.1) is 0 Å². The van der Waals surface area contributed by atoms with Gasteiger partial charge < -0.3 is 14.9 Å². The average molecular weight is 301 g/mol. The van der Waals surface area contributed by atoms with E-state index in [1.807, 2.05) is 28.5 Å². The normalized spacial score (nSPS) is 9.47. The molecule has 0 atom stereocenters. The zero-order valence-electron chi connectivity index (χ0n) is 10.6. The number of halogens is 1. The van der Waals surface area contributed by atoms with Gasteiger partial charge in [0, 0.05) is 10.2 Å². The molecule has 0 saturated heterocycles. The third kappa shape index (κ3) is 13.9. The molecule has 0 N–H and O–H groups in total. The van der Waals surface area contributed by atoms with Gasteiger partial charge >= 0.3 is 21.7 Å². The molecule has 0 nitrogen and oxygen atoms in total. The first kappa shape index (κ1) is 25.7. The van der Waals surface area contributed by atoms with Crippen LogP contribution in [0.15, 0.2) is 48.6 Å². The van der Waals surface area contributed by atoms with Crippen LogP contribution in [0.2, 0.25) is 0 Å². The molecule has 1 aromatic carbocycles. The molecule has 3 heteroatoms. The molecule has 0 heterocycles. The fraction of sp³-hybridized carbons (Fsp3) is 0.143. The molecule has 0 aromatic heterocycles. The molecule has 0 unspecified atom stereocenters. The van der Waals surface area contributed by atoms with E-state index >= 15 is 0 Å². The van der Waals surface area contributed by atoms with Crippen LogP contribution in [0.1, 0.15) is 12.0 Å². The number of hydrogen-bond donors (Lipinski definition) is 0. The van der Waals surface area contributed by atoms with Crippen molar-refractivity contribution in [3.63, 3.8) is 0 Å². The number of benzene rings is 1. The van der Waals surface area contributed by atoms with E-state index in [1.54, 1.807) is 0 Å². The third-order valence-electron chi connectivity index (χ3n) is 1.72. The van der Waals surface area contributed by atoms with Crippen LogP contribution in [0, 0.1) is 20.9 Å². The molecular weight excluding hydrogens is 280 g/mol. The Bertz CT molecular complexity index is 274. The van der Waals surface area contributed by atoms with Crippen molar-refractivity contribution < 1.29 is 21.7 Å². The van der Waals surface area contributed by atoms with Crippen LogP contribution < -0.4 is 0 Å². The van der Waals surface area contributed by atoms with Crippen molar-refractivity contribution in [3.8, 4) is 0 Å². The number of allylic oxidation sites excluding steroid dienone is 4. The standard InChI is InChI=1S/C7H9Si.C5H5.2CH3.ClH.Ti/c8-6-7-4-2-1-3-5-7;1-2-4-5-3-1;;;;/h1-5H,6,8H2;1-3H,4H2;2*1H3;1H;/q;3*-1;;+3. The molecule has 0 amide bonds. The summed E-state index contributed by atoms with van der Waals surface area (Å²) in [6.07, 6.45) is 10.0. The summed E-state index contributed by atoms with van der Waals surface area (Å²) in [7, 11) is 1.98. The van der Waals surface area contributed by atoms with E-state index in [1.165, 1.54) is 11.6 Å². The van der Waals surface area contributed by atoms with Crippen LogP contribution in [0.4, 0.5) is 0 Å². The second-order valence-electron chi connectivity index (χ2n) is 2.74. The second-order valence-corrected chi connectivity index (χ2v) is 3.24. The van der Waals surface area contributed by atoms with Crippen LogP contribution in [-0.4, -0.2) is 10.2 Å². The predicted octanol–water partition coefficient (Wildman–Crippen LogP) is 3.45. The van der Waals surface area contributed by atoms with Crippen LogP contribution >= 0.6 is 12.4 Å². The predicted molar refractivity (Wildman–Crippen MR) is 80.3 cm³/mol. The molecule has 0 fully saturated rings. The van der Waals surface area contributed by atoms with Gasteiger partial charge in [-0.25, -0.2) is 12.2 Å². The summed E-state index contributed by atoms with van der Waals surface area (Å²) in [6, 6.07) is 11.6. The molecule has 2 rings (SSSR count). The number of hydrogen-bond acceptors (Lipinski definition) is 0. The van der Waals surface area contributed by atoms with Gasteiger partial charge in [0.1, 0.15) is 0 Å². The fourth-order valence-corrected chi connectivity index (χ4v) is 1.32. The van der Waals surface area contributed by atoms with E-state index in [2.05, 4.69) is 36.4 Å². The Morgan fingerprint density at radius 1 is 1.12 bits per heavy atom. The maximum atomic E-state index is 2.99. The van der Waals surface area contributed by atoms with Crippen LogP contribution in [0.3, 0.4) is 0 Å². The minimum absolute atomic E-state index is 0. The Labute approximate surface area is 131 Å². The zero-order chi connectivity index (χ0) is 9.36. The van der Waals surface area contributed by atoms with E-state index in [9.17, 15) is 0 Å². The molecular formula is C14H21ClSiTi. The molecule has 1 aliphatic carbocycles. The van der Waals surface area contributed by atoms with Crippen molar-refractivity contribution in [3.05, 3.63) is 75.1 Å². The van der Waals surface area contributed by atoms with Crippen molar-refractivity contribution >= 4 is 22.6 Å². The Hall–Kier alpha value is -0.0788. The minimum Gasteiger partial charge on any atom is -0.358 e. The van der Waals surface area contributed by atoms with Gasteiger partial charge in [-0.05, 0) is 6.04 Å². The largest absolute Gasteiger partial charge is 3.00 e. The summed E-state index contributed by atoms with van der Waals surface area (Å²) in [5.74, 6) is 0. The zero-order valence-corrected chi connectivity index (χ0v) is 14.4. The van der Waals surface area contributed by atoms with E-state index in [4.69, 9.17) is 0 Å². The Balaban J connectivity index is -0.0000000849. The maximum Gasteiger partial charge on any atom is 3.00 e. The van der Waals surface area contributed by atoms with Gasteiger partial charge in [-0.15, -0.1) is 18.8 Å². The van der Waals surface area contributed by atoms with Gasteiger partial charge in [0.2, 0.25) is 0 Å². The third-order valence-corrected chi connectivity index (χ3v) is 2.29. The average Bonchev–Trinajstić information content (AvgIpc) is 2.77. The molecule has 0 aliphatic heterocycles. The summed E-state index contributed by atoms with van der Waals surface area (Å²) in [4.78, 5) is 0. The first-order chi connectivity index (χ1) is 6.43. The van der Waals surface area contributed by atoms with Gasteiger partial charge in [0.15, 0.2) is 0 Å². The Kier molecular flexibility index (Phi) is 27.6. The van der Waals surface area contributed by atoms with Gasteiger partial charge in [-0.3, -0.25) is 6.08 Å². The van der Waals surface area contributed by atoms with Crippen molar-refractivity contribution in [2.45, 2.75) is 12.5 Å². The van der Waals surface area contributed by atoms with Crippen molar-refractivity contribution in [1.29, 1.82) is 0 Å². The van der Waals surface area contributed by atoms with E-state index < -0.39 is 0 Å². The molecule has 0 spiro atoms. The molecule has 17 heavy (non-hydrogen) atoms. The summed E-state index contributed by atoms with van der Waals surface area (Å²) < 4.78 is 0. The first-order valence-corrected chi connectivity index (χ1v) is 5.48. The van der Waals surface area contributed by atoms with Crippen molar-refractivity contribution in [2.75, 3.05) is 0 Å². The second kappa shape index (κ2) is 18.3. The smallest absolute Gasteiger partial charge is 0.358 e. The Morgan fingerprint density at radius 2 is 1.71 bits per heavy atom. The minimum atomic E-state index is 0. The topological polar surface area (TPSA) is 0 Å². The molecule has 1 aromatic rings. The first-order valence-electron chi connectivity index (χ1n) is 4.48. The number of rotatable bonds is 1. The van der Waals surface area contributed by atoms with Crippen molar-refractivity contribution in [1.82, 2.24) is 0 Å². The van der Waals surface area contributed by atoms with E-state index in [0.717, 1.165) is 6.42 Å². The molecule has 2 radical (unpaired) electrons. The Morgan fingerprint density at radius 3 is 1.94 bits per heavy atom. The van der Waals surface area contributed by atoms with Crippen molar-refractivity contribution in [2.24, 2.45) is 0 Å². The maximum absolute atomic E-state index is 2.99. The van der Waals surface area contributed by atoms with Gasteiger partial charge in [-0.2, -0.15) is 6.08 Å². The van der Waals surface area contributed by atoms with Gasteiger partial charge in [-0.1, -0.05) is 35.9 Å². The monoisotopic (exact) mass is 300 g/mol.